The number of hydrogen-bond donors (Lipinski definition) is 0. The summed E-state index contributed by atoms with van der Waals surface area (Å²) in [6.07, 6.45) is 2.91. The number of fused-ring (bicyclic) bond motifs is 1. The molecule has 74 valence electrons. The maximum Gasteiger partial charge on any atom is 0.0700 e. The summed E-state index contributed by atoms with van der Waals surface area (Å²) in [6, 6.07) is 6.34. The second kappa shape index (κ2) is 3.62. The van der Waals surface area contributed by atoms with Crippen LogP contribution >= 0.6 is 11.6 Å². The van der Waals surface area contributed by atoms with Gasteiger partial charge in [0.1, 0.15) is 0 Å². The molecule has 1 heterocycles. The van der Waals surface area contributed by atoms with Crippen LogP contribution in [-0.2, 0) is 0 Å². The maximum absolute atomic E-state index is 6.06. The lowest BCUT2D eigenvalue weighted by Crippen LogP contribution is -2.04. The molecule has 0 fully saturated rings. The summed E-state index contributed by atoms with van der Waals surface area (Å²) < 4.78 is 2.03. The largest absolute Gasteiger partial charge is 0.262 e. The van der Waals surface area contributed by atoms with E-state index in [0.29, 0.717) is 6.04 Å². The van der Waals surface area contributed by atoms with Crippen LogP contribution in [0.25, 0.3) is 10.9 Å². The van der Waals surface area contributed by atoms with E-state index < -0.39 is 0 Å². The van der Waals surface area contributed by atoms with Gasteiger partial charge in [0.05, 0.1) is 16.7 Å². The van der Waals surface area contributed by atoms with Crippen molar-refractivity contribution in [2.45, 2.75) is 26.3 Å². The third-order valence-electron chi connectivity index (χ3n) is 2.60. The van der Waals surface area contributed by atoms with Gasteiger partial charge in [-0.2, -0.15) is 5.10 Å². The van der Waals surface area contributed by atoms with Crippen LogP contribution in [0, 0.1) is 0 Å². The quantitative estimate of drug-likeness (QED) is 0.737. The van der Waals surface area contributed by atoms with E-state index in [2.05, 4.69) is 25.0 Å². The van der Waals surface area contributed by atoms with Gasteiger partial charge < -0.3 is 0 Å². The van der Waals surface area contributed by atoms with Crippen LogP contribution in [0.2, 0.25) is 5.02 Å². The van der Waals surface area contributed by atoms with Crippen molar-refractivity contribution < 1.29 is 0 Å². The number of benzene rings is 1. The maximum atomic E-state index is 6.06. The van der Waals surface area contributed by atoms with Crippen molar-refractivity contribution in [3.05, 3.63) is 29.4 Å². The van der Waals surface area contributed by atoms with Crippen molar-refractivity contribution in [2.24, 2.45) is 0 Å². The number of rotatable bonds is 2. The molecule has 2 rings (SSSR count). The lowest BCUT2D eigenvalue weighted by molar-refractivity contribution is 0.493. The zero-order chi connectivity index (χ0) is 10.1. The summed E-state index contributed by atoms with van der Waals surface area (Å²) in [4.78, 5) is 0. The summed E-state index contributed by atoms with van der Waals surface area (Å²) in [5.41, 5.74) is 1.12. The van der Waals surface area contributed by atoms with Gasteiger partial charge in [0.25, 0.3) is 0 Å². The van der Waals surface area contributed by atoms with Crippen molar-refractivity contribution in [3.63, 3.8) is 0 Å². The number of hydrogen-bond acceptors (Lipinski definition) is 1. The van der Waals surface area contributed by atoms with Gasteiger partial charge in [-0.25, -0.2) is 0 Å². The van der Waals surface area contributed by atoms with Crippen LogP contribution in [0.3, 0.4) is 0 Å². The highest BCUT2D eigenvalue weighted by Crippen LogP contribution is 2.25. The Hall–Kier alpha value is -1.02. The molecule has 1 aromatic heterocycles. The molecule has 1 aromatic carbocycles. The van der Waals surface area contributed by atoms with Gasteiger partial charge in [-0.3, -0.25) is 4.68 Å². The zero-order valence-corrected chi connectivity index (χ0v) is 9.12. The van der Waals surface area contributed by atoms with E-state index in [0.717, 1.165) is 22.3 Å². The highest BCUT2D eigenvalue weighted by molar-refractivity contribution is 6.35. The molecular formula is C11H13ClN2. The molecule has 3 heteroatoms. The van der Waals surface area contributed by atoms with Gasteiger partial charge in [0.15, 0.2) is 0 Å². The van der Waals surface area contributed by atoms with Gasteiger partial charge >= 0.3 is 0 Å². The van der Waals surface area contributed by atoms with Crippen molar-refractivity contribution in [1.29, 1.82) is 0 Å². The van der Waals surface area contributed by atoms with Crippen LogP contribution in [0.1, 0.15) is 26.3 Å². The monoisotopic (exact) mass is 208 g/mol. The highest BCUT2D eigenvalue weighted by atomic mass is 35.5. The second-order valence-electron chi connectivity index (χ2n) is 3.52. The van der Waals surface area contributed by atoms with Crippen LogP contribution in [0.4, 0.5) is 0 Å². The van der Waals surface area contributed by atoms with Crippen LogP contribution < -0.4 is 0 Å². The molecule has 0 N–H and O–H groups in total. The average Bonchev–Trinajstić information content (AvgIpc) is 2.62. The van der Waals surface area contributed by atoms with E-state index in [4.69, 9.17) is 11.6 Å². The standard InChI is InChI=1S/C11H13ClN2/c1-3-8(2)14-11-6-4-5-10(12)9(11)7-13-14/h4-8H,3H2,1-2H3. The molecule has 0 spiro atoms. The Labute approximate surface area is 88.5 Å². The van der Waals surface area contributed by atoms with Crippen molar-refractivity contribution in [1.82, 2.24) is 9.78 Å². The van der Waals surface area contributed by atoms with Crippen molar-refractivity contribution in [2.75, 3.05) is 0 Å². The topological polar surface area (TPSA) is 17.8 Å². The Balaban J connectivity index is 2.63. The highest BCUT2D eigenvalue weighted by Gasteiger charge is 2.09. The first-order chi connectivity index (χ1) is 6.74. The molecule has 0 aliphatic heterocycles. The first-order valence-electron chi connectivity index (χ1n) is 4.85. The average molecular weight is 209 g/mol. The third-order valence-corrected chi connectivity index (χ3v) is 2.93. The van der Waals surface area contributed by atoms with E-state index in [9.17, 15) is 0 Å². The van der Waals surface area contributed by atoms with Crippen LogP contribution in [-0.4, -0.2) is 9.78 Å². The Bertz CT molecular complexity index is 447. The SMILES string of the molecule is CCC(C)n1ncc2c(Cl)cccc21. The molecule has 0 radical (unpaired) electrons. The molecule has 2 aromatic rings. The van der Waals surface area contributed by atoms with Crippen LogP contribution in [0.15, 0.2) is 24.4 Å². The lowest BCUT2D eigenvalue weighted by Gasteiger charge is -2.10. The van der Waals surface area contributed by atoms with Crippen LogP contribution in [0.5, 0.6) is 0 Å². The number of halogens is 1. The Morgan fingerprint density at radius 3 is 3.00 bits per heavy atom. The molecule has 2 nitrogen and oxygen atoms in total. The molecule has 0 saturated carbocycles. The summed E-state index contributed by atoms with van der Waals surface area (Å²) >= 11 is 6.06. The molecule has 1 unspecified atom stereocenters. The van der Waals surface area contributed by atoms with Crippen molar-refractivity contribution in [3.8, 4) is 0 Å². The fraction of sp³-hybridized carbons (Fsp3) is 0.364. The Kier molecular flexibility index (Phi) is 2.46. The molecule has 14 heavy (non-hydrogen) atoms. The molecule has 0 aliphatic rings. The van der Waals surface area contributed by atoms with Crippen molar-refractivity contribution >= 4 is 22.5 Å². The van der Waals surface area contributed by atoms with E-state index >= 15 is 0 Å². The summed E-state index contributed by atoms with van der Waals surface area (Å²) in [7, 11) is 0. The van der Waals surface area contributed by atoms with Gasteiger partial charge in [0.2, 0.25) is 0 Å². The minimum atomic E-state index is 0.422. The predicted molar refractivity (Wildman–Crippen MR) is 59.7 cm³/mol. The molecular weight excluding hydrogens is 196 g/mol. The van der Waals surface area contributed by atoms with E-state index in [1.807, 2.05) is 23.0 Å². The van der Waals surface area contributed by atoms with Gasteiger partial charge in [-0.15, -0.1) is 0 Å². The summed E-state index contributed by atoms with van der Waals surface area (Å²) in [5, 5.41) is 6.17. The fourth-order valence-electron chi connectivity index (χ4n) is 1.56. The van der Waals surface area contributed by atoms with E-state index in [1.54, 1.807) is 0 Å². The third kappa shape index (κ3) is 1.40. The Morgan fingerprint density at radius 1 is 1.50 bits per heavy atom. The number of aromatic nitrogens is 2. The molecule has 1 atom stereocenters. The summed E-state index contributed by atoms with van der Waals surface area (Å²) in [6.45, 7) is 4.32. The number of nitrogens with zero attached hydrogens (tertiary/aromatic N) is 2. The van der Waals surface area contributed by atoms with Gasteiger partial charge in [0, 0.05) is 11.4 Å². The smallest absolute Gasteiger partial charge is 0.0700 e. The lowest BCUT2D eigenvalue weighted by atomic mass is 10.2. The molecule has 0 aliphatic carbocycles. The predicted octanol–water partition coefficient (Wildman–Crippen LogP) is 3.66. The normalized spacial score (nSPS) is 13.4. The van der Waals surface area contributed by atoms with Gasteiger partial charge in [-0.1, -0.05) is 24.6 Å². The summed E-state index contributed by atoms with van der Waals surface area (Å²) in [5.74, 6) is 0. The zero-order valence-electron chi connectivity index (χ0n) is 8.37. The minimum absolute atomic E-state index is 0.422. The molecule has 0 saturated heterocycles. The second-order valence-corrected chi connectivity index (χ2v) is 3.93. The van der Waals surface area contributed by atoms with Gasteiger partial charge in [-0.05, 0) is 25.5 Å². The fourth-order valence-corrected chi connectivity index (χ4v) is 1.78. The molecule has 0 amide bonds. The molecule has 0 bridgehead atoms. The first-order valence-corrected chi connectivity index (χ1v) is 5.23. The Morgan fingerprint density at radius 2 is 2.29 bits per heavy atom. The van der Waals surface area contributed by atoms with E-state index in [1.165, 1.54) is 0 Å². The minimum Gasteiger partial charge on any atom is -0.262 e. The first kappa shape index (κ1) is 9.53. The van der Waals surface area contributed by atoms with E-state index in [-0.39, 0.29) is 0 Å².